The van der Waals surface area contributed by atoms with Crippen molar-refractivity contribution in [1.82, 2.24) is 19.8 Å². The zero-order valence-corrected chi connectivity index (χ0v) is 21.1. The summed E-state index contributed by atoms with van der Waals surface area (Å²) in [6.07, 6.45) is 0.410. The fourth-order valence-corrected chi connectivity index (χ4v) is 5.59. The Morgan fingerprint density at radius 3 is 2.22 bits per heavy atom. The maximum atomic E-state index is 13.5. The average molecular weight is 536 g/mol. The van der Waals surface area contributed by atoms with Crippen LogP contribution in [0.3, 0.4) is 0 Å². The van der Waals surface area contributed by atoms with E-state index in [0.717, 1.165) is 29.0 Å². The third-order valence-corrected chi connectivity index (χ3v) is 7.25. The number of hydrazine groups is 1. The van der Waals surface area contributed by atoms with Crippen LogP contribution in [-0.2, 0) is 27.5 Å². The van der Waals surface area contributed by atoms with E-state index in [1.807, 2.05) is 6.92 Å². The molecule has 1 aliphatic rings. The Morgan fingerprint density at radius 2 is 1.70 bits per heavy atom. The Kier molecular flexibility index (Phi) is 6.48. The van der Waals surface area contributed by atoms with Crippen molar-refractivity contribution in [3.63, 3.8) is 0 Å². The summed E-state index contributed by atoms with van der Waals surface area (Å²) < 4.78 is 72.8. The molecule has 1 aromatic carbocycles. The van der Waals surface area contributed by atoms with Gasteiger partial charge in [0.05, 0.1) is 11.9 Å². The van der Waals surface area contributed by atoms with Crippen molar-refractivity contribution in [3.05, 3.63) is 82.6 Å². The number of nitrogens with two attached hydrogens (primary N) is 2. The summed E-state index contributed by atoms with van der Waals surface area (Å²) in [6.45, 7) is 5.10. The number of hydrogen-bond donors (Lipinski definition) is 2. The van der Waals surface area contributed by atoms with E-state index >= 15 is 0 Å². The van der Waals surface area contributed by atoms with Crippen LogP contribution in [0.4, 0.5) is 13.2 Å². The van der Waals surface area contributed by atoms with Crippen molar-refractivity contribution in [2.45, 2.75) is 37.7 Å². The molecule has 4 N–H and O–H groups in total. The zero-order valence-electron chi connectivity index (χ0n) is 20.3. The molecule has 3 heterocycles. The third kappa shape index (κ3) is 5.00. The first-order chi connectivity index (χ1) is 17.1. The maximum Gasteiger partial charge on any atom is 0.433 e. The summed E-state index contributed by atoms with van der Waals surface area (Å²) in [5, 5.41) is 4.87. The molecule has 0 radical (unpaired) electrons. The van der Waals surface area contributed by atoms with Crippen molar-refractivity contribution in [2.75, 3.05) is 0 Å². The Bertz CT molecular complexity index is 1510. The first-order valence-electron chi connectivity index (χ1n) is 10.8. The van der Waals surface area contributed by atoms with Gasteiger partial charge in [0, 0.05) is 36.8 Å². The van der Waals surface area contributed by atoms with Crippen molar-refractivity contribution in [3.8, 4) is 0 Å². The number of benzene rings is 1. The maximum absolute atomic E-state index is 13.5. The molecule has 0 amide bonds. The minimum Gasteiger partial charge on any atom is -0.278 e. The Hall–Kier alpha value is -3.59. The van der Waals surface area contributed by atoms with Crippen molar-refractivity contribution >= 4 is 21.5 Å². The fourth-order valence-electron chi connectivity index (χ4n) is 4.10. The molecule has 37 heavy (non-hydrogen) atoms. The van der Waals surface area contributed by atoms with Crippen LogP contribution < -0.4 is 11.6 Å². The van der Waals surface area contributed by atoms with E-state index in [2.05, 4.69) is 15.1 Å². The van der Waals surface area contributed by atoms with Gasteiger partial charge in [-0.15, -0.1) is 0 Å². The van der Waals surface area contributed by atoms with Gasteiger partial charge in [0.25, 0.3) is 5.85 Å². The molecular weight excluding hydrogens is 511 g/mol. The van der Waals surface area contributed by atoms with Gasteiger partial charge in [0.1, 0.15) is 16.3 Å². The highest BCUT2D eigenvalue weighted by atomic mass is 32.2. The molecular formula is C23H24F3N7O3S. The van der Waals surface area contributed by atoms with E-state index in [4.69, 9.17) is 15.8 Å². The summed E-state index contributed by atoms with van der Waals surface area (Å²) in [5.41, 5.74) is 7.57. The SMILES string of the molecule is Cc1cc(C)c(S(=O)(=O)OC2(N)C(c3cnn(C)c3)=NC(c3ccc(C(F)(F)F)nc3)=CN2N)c(C)c1. The zero-order chi connectivity index (χ0) is 27.3. The summed E-state index contributed by atoms with van der Waals surface area (Å²) >= 11 is 0. The van der Waals surface area contributed by atoms with Gasteiger partial charge in [-0.05, 0) is 44.0 Å². The van der Waals surface area contributed by atoms with Crippen LogP contribution >= 0.6 is 0 Å². The number of pyridine rings is 1. The topological polar surface area (TPSA) is 142 Å². The highest BCUT2D eigenvalue weighted by molar-refractivity contribution is 7.87. The lowest BCUT2D eigenvalue weighted by Crippen LogP contribution is -2.66. The monoisotopic (exact) mass is 535 g/mol. The van der Waals surface area contributed by atoms with E-state index < -0.39 is 27.8 Å². The molecule has 1 atom stereocenters. The molecule has 0 spiro atoms. The second kappa shape index (κ2) is 9.06. The predicted molar refractivity (Wildman–Crippen MR) is 129 cm³/mol. The Morgan fingerprint density at radius 1 is 1.05 bits per heavy atom. The van der Waals surface area contributed by atoms with Crippen molar-refractivity contribution < 1.29 is 25.8 Å². The largest absolute Gasteiger partial charge is 0.433 e. The number of nitrogens with zero attached hydrogens (tertiary/aromatic N) is 5. The lowest BCUT2D eigenvalue weighted by molar-refractivity contribution is -0.141. The van der Waals surface area contributed by atoms with Gasteiger partial charge >= 0.3 is 16.3 Å². The number of hydrogen-bond acceptors (Lipinski definition) is 9. The summed E-state index contributed by atoms with van der Waals surface area (Å²) in [6, 6.07) is 5.35. The first-order valence-corrected chi connectivity index (χ1v) is 12.2. The first kappa shape index (κ1) is 26.5. The van der Waals surface area contributed by atoms with Gasteiger partial charge in [-0.25, -0.2) is 15.0 Å². The minimum atomic E-state index is -4.62. The van der Waals surface area contributed by atoms with Gasteiger partial charge in [0.2, 0.25) is 0 Å². The minimum absolute atomic E-state index is 0.0661. The molecule has 10 nitrogen and oxygen atoms in total. The molecule has 1 aliphatic heterocycles. The van der Waals surface area contributed by atoms with Crippen LogP contribution in [0.25, 0.3) is 5.70 Å². The third-order valence-electron chi connectivity index (χ3n) is 5.64. The van der Waals surface area contributed by atoms with E-state index in [9.17, 15) is 21.6 Å². The molecule has 0 saturated carbocycles. The van der Waals surface area contributed by atoms with Gasteiger partial charge in [-0.3, -0.25) is 20.4 Å². The van der Waals surface area contributed by atoms with Gasteiger partial charge in [0.15, 0.2) is 0 Å². The van der Waals surface area contributed by atoms with E-state index in [1.54, 1.807) is 33.0 Å². The predicted octanol–water partition coefficient (Wildman–Crippen LogP) is 2.75. The quantitative estimate of drug-likeness (QED) is 0.289. The lowest BCUT2D eigenvalue weighted by Gasteiger charge is -2.39. The van der Waals surface area contributed by atoms with Crippen LogP contribution in [-0.4, -0.2) is 39.8 Å². The van der Waals surface area contributed by atoms with E-state index in [1.165, 1.54) is 23.1 Å². The molecule has 0 saturated heterocycles. The van der Waals surface area contributed by atoms with Gasteiger partial charge in [-0.2, -0.15) is 26.7 Å². The number of rotatable bonds is 5. The van der Waals surface area contributed by atoms with E-state index in [-0.39, 0.29) is 27.4 Å². The molecule has 3 aromatic rings. The van der Waals surface area contributed by atoms with Crippen molar-refractivity contribution in [1.29, 1.82) is 0 Å². The molecule has 196 valence electrons. The summed E-state index contributed by atoms with van der Waals surface area (Å²) in [5.74, 6) is 3.87. The molecule has 14 heteroatoms. The average Bonchev–Trinajstić information content (AvgIpc) is 3.19. The molecule has 0 aliphatic carbocycles. The van der Waals surface area contributed by atoms with Crippen LogP contribution in [0, 0.1) is 20.8 Å². The standard InChI is InChI=1S/C23H24F3N7O3S/c1-13-7-14(2)20(15(3)8-13)37(34,35)36-23(27)21(17-10-30-32(4)11-17)31-18(12-33(23)28)16-5-6-19(29-9-16)22(24,25)26/h5-12H,27-28H2,1-4H3. The molecule has 0 bridgehead atoms. The highest BCUT2D eigenvalue weighted by Gasteiger charge is 2.46. The van der Waals surface area contributed by atoms with Crippen LogP contribution in [0.1, 0.15) is 33.5 Å². The number of aliphatic imine (C=N–C) groups is 1. The number of halogens is 3. The van der Waals surface area contributed by atoms with Crippen LogP contribution in [0.5, 0.6) is 0 Å². The van der Waals surface area contributed by atoms with Crippen LogP contribution in [0.2, 0.25) is 0 Å². The lowest BCUT2D eigenvalue weighted by atomic mass is 10.1. The number of alkyl halides is 3. The number of aryl methyl sites for hydroxylation is 4. The molecule has 2 aromatic heterocycles. The highest BCUT2D eigenvalue weighted by Crippen LogP contribution is 2.34. The molecule has 1 unspecified atom stereocenters. The normalized spacial score (nSPS) is 18.6. The second-order valence-electron chi connectivity index (χ2n) is 8.68. The van der Waals surface area contributed by atoms with Crippen LogP contribution in [0.15, 0.2) is 58.9 Å². The fraction of sp³-hybridized carbons (Fsp3) is 0.261. The smallest absolute Gasteiger partial charge is 0.278 e. The van der Waals surface area contributed by atoms with Crippen molar-refractivity contribution in [2.24, 2.45) is 23.6 Å². The molecule has 4 rings (SSSR count). The van der Waals surface area contributed by atoms with E-state index in [0.29, 0.717) is 11.1 Å². The van der Waals surface area contributed by atoms with Gasteiger partial charge in [-0.1, -0.05) is 17.7 Å². The molecule has 0 fully saturated rings. The van der Waals surface area contributed by atoms with Gasteiger partial charge < -0.3 is 0 Å². The second-order valence-corrected chi connectivity index (χ2v) is 10.2. The number of aromatic nitrogens is 3. The Balaban J connectivity index is 1.81. The Labute approximate surface area is 211 Å². The summed E-state index contributed by atoms with van der Waals surface area (Å²) in [4.78, 5) is 7.81. The summed E-state index contributed by atoms with van der Waals surface area (Å²) in [7, 11) is -2.87.